The fourth-order valence-corrected chi connectivity index (χ4v) is 2.64. The van der Waals surface area contributed by atoms with Crippen molar-refractivity contribution in [1.29, 1.82) is 16.2 Å². The summed E-state index contributed by atoms with van der Waals surface area (Å²) in [6.45, 7) is 0. The lowest BCUT2D eigenvalue weighted by Gasteiger charge is -2.19. The molecule has 1 aromatic carbocycles. The monoisotopic (exact) mass is 411 g/mol. The number of benzene rings is 1. The number of hydrogen-bond acceptors (Lipinski definition) is 6. The lowest BCUT2D eigenvalue weighted by Crippen LogP contribution is -2.40. The van der Waals surface area contributed by atoms with Gasteiger partial charge in [0.15, 0.2) is 5.84 Å². The highest BCUT2D eigenvalue weighted by atomic mass is 19.3. The molecule has 0 aliphatic rings. The molecule has 0 fully saturated rings. The number of nitrogens with one attached hydrogen (secondary N) is 4. The van der Waals surface area contributed by atoms with Crippen LogP contribution in [0, 0.1) is 16.2 Å². The minimum atomic E-state index is -3.66. The van der Waals surface area contributed by atoms with E-state index in [4.69, 9.17) is 21.0 Å². The molecular weight excluding hydrogens is 392 g/mol. The van der Waals surface area contributed by atoms with Crippen LogP contribution in [-0.2, 0) is 13.0 Å². The van der Waals surface area contributed by atoms with Gasteiger partial charge in [0.1, 0.15) is 11.6 Å². The number of ether oxygens (including phenoxy) is 1. The van der Waals surface area contributed by atoms with Crippen LogP contribution in [0.3, 0.4) is 0 Å². The zero-order valence-electron chi connectivity index (χ0n) is 16.2. The summed E-state index contributed by atoms with van der Waals surface area (Å²) in [5.41, 5.74) is 0.674. The first-order valence-corrected chi connectivity index (χ1v) is 8.73. The Kier molecular flexibility index (Phi) is 5.67. The Morgan fingerprint density at radius 3 is 2.60 bits per heavy atom. The fraction of sp³-hybridized carbons (Fsp3) is 0.150. The second-order valence-corrected chi connectivity index (χ2v) is 6.42. The number of aryl methyl sites for hydroxylation is 1. The smallest absolute Gasteiger partial charge is 0.329 e. The van der Waals surface area contributed by atoms with Gasteiger partial charge in [-0.05, 0) is 30.4 Å². The lowest BCUT2D eigenvalue weighted by atomic mass is 10.0. The molecule has 2 aromatic heterocycles. The summed E-state index contributed by atoms with van der Waals surface area (Å²) in [6, 6.07) is 5.44. The van der Waals surface area contributed by atoms with E-state index in [9.17, 15) is 8.78 Å². The summed E-state index contributed by atoms with van der Waals surface area (Å²) < 4.78 is 36.1. The Hall–Kier alpha value is -3.95. The average molecular weight is 411 g/mol. The Balaban J connectivity index is 1.73. The van der Waals surface area contributed by atoms with Crippen LogP contribution in [0.4, 0.5) is 8.78 Å². The minimum Gasteiger partial charge on any atom is -0.495 e. The number of amidine groups is 2. The molecule has 0 spiro atoms. The predicted octanol–water partition coefficient (Wildman–Crippen LogP) is 3.24. The van der Waals surface area contributed by atoms with Gasteiger partial charge in [-0.15, -0.1) is 0 Å². The molecule has 10 heteroatoms. The van der Waals surface area contributed by atoms with Crippen molar-refractivity contribution in [2.24, 2.45) is 7.05 Å². The van der Waals surface area contributed by atoms with Gasteiger partial charge in [-0.25, -0.2) is 0 Å². The van der Waals surface area contributed by atoms with Crippen LogP contribution in [0.2, 0.25) is 0 Å². The van der Waals surface area contributed by atoms with Crippen molar-refractivity contribution in [2.75, 3.05) is 7.11 Å². The van der Waals surface area contributed by atoms with Gasteiger partial charge < -0.3 is 15.5 Å². The Morgan fingerprint density at radius 2 is 1.93 bits per heavy atom. The maximum atomic E-state index is 14.8. The fourth-order valence-electron chi connectivity index (χ4n) is 2.64. The van der Waals surface area contributed by atoms with Crippen molar-refractivity contribution >= 4 is 28.3 Å². The van der Waals surface area contributed by atoms with Gasteiger partial charge in [-0.2, -0.15) is 13.9 Å². The van der Waals surface area contributed by atoms with Crippen molar-refractivity contribution in [3.63, 3.8) is 0 Å². The van der Waals surface area contributed by atoms with E-state index in [1.54, 1.807) is 19.3 Å². The van der Waals surface area contributed by atoms with Gasteiger partial charge in [-0.1, -0.05) is 6.07 Å². The molecule has 30 heavy (non-hydrogen) atoms. The molecule has 0 unspecified atom stereocenters. The zero-order valence-corrected chi connectivity index (χ0v) is 16.2. The predicted molar refractivity (Wildman–Crippen MR) is 110 cm³/mol. The standard InChI is InChI=1S/C20H19F2N7O/c1-29-11-13(9-27-29)16(23)4-6-18(24)28-19(25)20(21,22)14-3-5-17-12(7-14)8-15(30-2)10-26-17/h3-11,23H,1-2H3,(H3,24,25,28)/b6-4-,23-16?. The van der Waals surface area contributed by atoms with Gasteiger partial charge in [0.05, 0.1) is 30.7 Å². The van der Waals surface area contributed by atoms with Gasteiger partial charge in [0.25, 0.3) is 0 Å². The summed E-state index contributed by atoms with van der Waals surface area (Å²) in [4.78, 5) is 4.13. The molecule has 0 atom stereocenters. The average Bonchev–Trinajstić information content (AvgIpc) is 3.17. The van der Waals surface area contributed by atoms with E-state index in [-0.39, 0.29) is 5.71 Å². The highest BCUT2D eigenvalue weighted by Gasteiger charge is 2.38. The molecule has 3 aromatic rings. The number of nitrogens with zero attached hydrogens (tertiary/aromatic N) is 3. The first-order chi connectivity index (χ1) is 14.2. The number of aromatic nitrogens is 3. The number of rotatable bonds is 6. The summed E-state index contributed by atoms with van der Waals surface area (Å²) in [7, 11) is 3.15. The van der Waals surface area contributed by atoms with Crippen LogP contribution < -0.4 is 10.1 Å². The number of fused-ring (bicyclic) bond motifs is 1. The van der Waals surface area contributed by atoms with E-state index in [1.165, 1.54) is 48.5 Å². The third kappa shape index (κ3) is 4.37. The van der Waals surface area contributed by atoms with Gasteiger partial charge in [0, 0.05) is 29.8 Å². The maximum Gasteiger partial charge on any atom is 0.329 e. The van der Waals surface area contributed by atoms with E-state index >= 15 is 0 Å². The Labute approximate surface area is 170 Å². The normalized spacial score (nSPS) is 11.6. The first-order valence-electron chi connectivity index (χ1n) is 8.73. The van der Waals surface area contributed by atoms with Gasteiger partial charge in [-0.3, -0.25) is 20.5 Å². The SMILES string of the molecule is COc1cnc2ccc(C(F)(F)C(=N)NC(=N)/C=C\C(=N)c3cnn(C)c3)cc2c1. The lowest BCUT2D eigenvalue weighted by molar-refractivity contribution is 0.0721. The van der Waals surface area contributed by atoms with Crippen LogP contribution in [-0.4, -0.2) is 39.3 Å². The Morgan fingerprint density at radius 1 is 1.17 bits per heavy atom. The number of methoxy groups -OCH3 is 1. The minimum absolute atomic E-state index is 0.0592. The molecule has 4 N–H and O–H groups in total. The van der Waals surface area contributed by atoms with Crippen molar-refractivity contribution < 1.29 is 13.5 Å². The third-order valence-corrected chi connectivity index (χ3v) is 4.26. The molecule has 2 heterocycles. The van der Waals surface area contributed by atoms with Gasteiger partial charge in [0.2, 0.25) is 0 Å². The Bertz CT molecular complexity index is 1170. The molecular formula is C20H19F2N7O. The molecule has 8 nitrogen and oxygen atoms in total. The number of pyridine rings is 1. The van der Waals surface area contributed by atoms with Crippen LogP contribution in [0.5, 0.6) is 5.75 Å². The number of halogens is 2. The van der Waals surface area contributed by atoms with E-state index in [0.717, 1.165) is 6.08 Å². The number of allylic oxidation sites excluding steroid dienone is 1. The summed E-state index contributed by atoms with van der Waals surface area (Å²) in [6.07, 6.45) is 6.98. The summed E-state index contributed by atoms with van der Waals surface area (Å²) in [5, 5.41) is 29.9. The highest BCUT2D eigenvalue weighted by molar-refractivity contribution is 6.12. The first kappa shape index (κ1) is 20.8. The van der Waals surface area contributed by atoms with E-state index in [1.807, 2.05) is 0 Å². The second kappa shape index (κ2) is 8.19. The largest absolute Gasteiger partial charge is 0.495 e. The van der Waals surface area contributed by atoms with Crippen LogP contribution >= 0.6 is 0 Å². The van der Waals surface area contributed by atoms with Crippen molar-refractivity contribution in [2.45, 2.75) is 5.92 Å². The maximum absolute atomic E-state index is 14.8. The second-order valence-electron chi connectivity index (χ2n) is 6.42. The molecule has 0 amide bonds. The topological polar surface area (TPSA) is 124 Å². The molecule has 0 bridgehead atoms. The molecule has 0 aliphatic heterocycles. The van der Waals surface area contributed by atoms with Crippen LogP contribution in [0.15, 0.2) is 55.0 Å². The van der Waals surface area contributed by atoms with E-state index in [2.05, 4.69) is 15.4 Å². The molecule has 0 radical (unpaired) electrons. The molecule has 154 valence electrons. The van der Waals surface area contributed by atoms with Crippen molar-refractivity contribution in [3.8, 4) is 5.75 Å². The highest BCUT2D eigenvalue weighted by Crippen LogP contribution is 2.31. The molecule has 3 rings (SSSR count). The summed E-state index contributed by atoms with van der Waals surface area (Å²) in [5.74, 6) is -4.83. The van der Waals surface area contributed by atoms with E-state index < -0.39 is 23.2 Å². The number of hydrogen-bond donors (Lipinski definition) is 4. The van der Waals surface area contributed by atoms with Crippen molar-refractivity contribution in [1.82, 2.24) is 20.1 Å². The number of alkyl halides is 2. The van der Waals surface area contributed by atoms with Gasteiger partial charge >= 0.3 is 5.92 Å². The third-order valence-electron chi connectivity index (χ3n) is 4.26. The van der Waals surface area contributed by atoms with Crippen LogP contribution in [0.1, 0.15) is 11.1 Å². The van der Waals surface area contributed by atoms with Crippen molar-refractivity contribution in [3.05, 3.63) is 66.1 Å². The summed E-state index contributed by atoms with van der Waals surface area (Å²) >= 11 is 0. The quantitative estimate of drug-likeness (QED) is 0.367. The molecule has 0 saturated carbocycles. The molecule has 0 aliphatic carbocycles. The van der Waals surface area contributed by atoms with Crippen LogP contribution in [0.25, 0.3) is 10.9 Å². The molecule has 0 saturated heterocycles. The van der Waals surface area contributed by atoms with E-state index in [0.29, 0.717) is 22.2 Å². The zero-order chi connectivity index (χ0) is 21.9.